The van der Waals surface area contributed by atoms with Crippen LogP contribution in [0.1, 0.15) is 20.8 Å². The van der Waals surface area contributed by atoms with Crippen LogP contribution in [-0.2, 0) is 0 Å². The van der Waals surface area contributed by atoms with Crippen LogP contribution in [0.4, 0.5) is 0 Å². The zero-order chi connectivity index (χ0) is 12.4. The first-order valence-electron chi connectivity index (χ1n) is 4.64. The maximum Gasteiger partial charge on any atom is 0.335 e. The highest BCUT2D eigenvalue weighted by Gasteiger charge is 2.16. The highest BCUT2D eigenvalue weighted by atomic mass is 16.4. The molecule has 1 aromatic heterocycles. The predicted molar refractivity (Wildman–Crippen MR) is 57.3 cm³/mol. The molecule has 0 aliphatic rings. The van der Waals surface area contributed by atoms with E-state index in [1.54, 1.807) is 12.1 Å². The number of nitrogens with two attached hydrogens (primary N) is 1. The Morgan fingerprint density at radius 3 is 2.71 bits per heavy atom. The number of carboxylic acids is 1. The Kier molecular flexibility index (Phi) is 2.57. The number of aromatic nitrogens is 3. The van der Waals surface area contributed by atoms with Crippen LogP contribution in [0.25, 0.3) is 11.3 Å². The average Bonchev–Trinajstić information content (AvgIpc) is 2.78. The third kappa shape index (κ3) is 1.98. The highest BCUT2D eigenvalue weighted by molar-refractivity contribution is 5.97. The quantitative estimate of drug-likeness (QED) is 0.701. The molecule has 0 fully saturated rings. The number of carbonyl (C=O) groups excluding carboxylic acids is 1. The molecule has 7 nitrogen and oxygen atoms in total. The molecule has 0 unspecified atom stereocenters. The van der Waals surface area contributed by atoms with Gasteiger partial charge in [0.05, 0.1) is 5.56 Å². The molecule has 0 saturated heterocycles. The van der Waals surface area contributed by atoms with Gasteiger partial charge >= 0.3 is 5.97 Å². The molecule has 2 rings (SSSR count). The number of benzene rings is 1. The van der Waals surface area contributed by atoms with E-state index in [9.17, 15) is 9.59 Å². The third-order valence-corrected chi connectivity index (χ3v) is 2.16. The predicted octanol–water partition coefficient (Wildman–Crippen LogP) is 0.269. The molecular weight excluding hydrogens is 224 g/mol. The van der Waals surface area contributed by atoms with E-state index in [-0.39, 0.29) is 17.0 Å². The molecule has 0 spiro atoms. The monoisotopic (exact) mass is 232 g/mol. The SMILES string of the molecule is NC(=O)c1n[nH]nc1-c1cccc(C(=O)O)c1. The van der Waals surface area contributed by atoms with Crippen molar-refractivity contribution in [2.45, 2.75) is 0 Å². The first-order valence-corrected chi connectivity index (χ1v) is 4.64. The number of primary amides is 1. The lowest BCUT2D eigenvalue weighted by atomic mass is 10.1. The molecule has 0 aliphatic carbocycles. The van der Waals surface area contributed by atoms with Gasteiger partial charge in [-0.25, -0.2) is 4.79 Å². The molecule has 7 heteroatoms. The number of H-pyrrole nitrogens is 1. The van der Waals surface area contributed by atoms with Crippen LogP contribution in [-0.4, -0.2) is 32.4 Å². The molecule has 86 valence electrons. The lowest BCUT2D eigenvalue weighted by molar-refractivity contribution is 0.0696. The fraction of sp³-hybridized carbons (Fsp3) is 0. The maximum absolute atomic E-state index is 11.1. The number of hydrogen-bond acceptors (Lipinski definition) is 4. The van der Waals surface area contributed by atoms with Crippen molar-refractivity contribution in [1.29, 1.82) is 0 Å². The van der Waals surface area contributed by atoms with E-state index >= 15 is 0 Å². The molecule has 0 atom stereocenters. The van der Waals surface area contributed by atoms with E-state index < -0.39 is 11.9 Å². The van der Waals surface area contributed by atoms with Gasteiger partial charge in [0.15, 0.2) is 5.69 Å². The number of amides is 1. The smallest absolute Gasteiger partial charge is 0.335 e. The van der Waals surface area contributed by atoms with Gasteiger partial charge in [-0.15, -0.1) is 0 Å². The summed E-state index contributed by atoms with van der Waals surface area (Å²) >= 11 is 0. The Morgan fingerprint density at radius 1 is 1.29 bits per heavy atom. The molecule has 0 bridgehead atoms. The molecule has 1 amide bonds. The van der Waals surface area contributed by atoms with Crippen LogP contribution in [0.2, 0.25) is 0 Å². The second kappa shape index (κ2) is 4.05. The summed E-state index contributed by atoms with van der Waals surface area (Å²) in [7, 11) is 0. The number of nitrogens with one attached hydrogen (secondary N) is 1. The Labute approximate surface area is 95.3 Å². The van der Waals surface area contributed by atoms with Gasteiger partial charge in [0, 0.05) is 5.56 Å². The number of nitrogens with zero attached hydrogens (tertiary/aromatic N) is 2. The number of carbonyl (C=O) groups is 2. The molecule has 17 heavy (non-hydrogen) atoms. The zero-order valence-corrected chi connectivity index (χ0v) is 8.54. The fourth-order valence-electron chi connectivity index (χ4n) is 1.40. The normalized spacial score (nSPS) is 10.1. The van der Waals surface area contributed by atoms with Gasteiger partial charge in [-0.3, -0.25) is 4.79 Å². The number of aromatic amines is 1. The van der Waals surface area contributed by atoms with E-state index in [0.717, 1.165) is 0 Å². The molecule has 4 N–H and O–H groups in total. The van der Waals surface area contributed by atoms with Crippen LogP contribution >= 0.6 is 0 Å². The van der Waals surface area contributed by atoms with Crippen molar-refractivity contribution in [3.05, 3.63) is 35.5 Å². The summed E-state index contributed by atoms with van der Waals surface area (Å²) in [6.45, 7) is 0. The van der Waals surface area contributed by atoms with E-state index in [1.165, 1.54) is 12.1 Å². The first kappa shape index (κ1) is 10.8. The standard InChI is InChI=1S/C10H8N4O3/c11-9(15)8-7(12-14-13-8)5-2-1-3-6(4-5)10(16)17/h1-4H,(H2,11,15)(H,16,17)(H,12,13,14). The van der Waals surface area contributed by atoms with Crippen molar-refractivity contribution in [2.24, 2.45) is 5.73 Å². The number of rotatable bonds is 3. The lowest BCUT2D eigenvalue weighted by Crippen LogP contribution is -2.12. The molecule has 2 aromatic rings. The van der Waals surface area contributed by atoms with Gasteiger partial charge < -0.3 is 10.8 Å². The summed E-state index contributed by atoms with van der Waals surface area (Å²) in [5.41, 5.74) is 5.90. The van der Waals surface area contributed by atoms with E-state index in [1.807, 2.05) is 0 Å². The van der Waals surface area contributed by atoms with Gasteiger partial charge in [0.1, 0.15) is 5.69 Å². The maximum atomic E-state index is 11.1. The summed E-state index contributed by atoms with van der Waals surface area (Å²) < 4.78 is 0. The second-order valence-electron chi connectivity index (χ2n) is 3.27. The molecule has 0 saturated carbocycles. The fourth-order valence-corrected chi connectivity index (χ4v) is 1.40. The van der Waals surface area contributed by atoms with Crippen LogP contribution < -0.4 is 5.73 Å². The number of carboxylic acid groups (broad SMARTS) is 1. The highest BCUT2D eigenvalue weighted by Crippen LogP contribution is 2.20. The topological polar surface area (TPSA) is 122 Å². The van der Waals surface area contributed by atoms with Crippen molar-refractivity contribution in [2.75, 3.05) is 0 Å². The van der Waals surface area contributed by atoms with E-state index in [4.69, 9.17) is 10.8 Å². The minimum atomic E-state index is -1.06. The Hall–Kier alpha value is -2.70. The largest absolute Gasteiger partial charge is 0.478 e. The third-order valence-electron chi connectivity index (χ3n) is 2.16. The average molecular weight is 232 g/mol. The zero-order valence-electron chi connectivity index (χ0n) is 8.54. The molecule has 1 heterocycles. The molecule has 0 radical (unpaired) electrons. The van der Waals surface area contributed by atoms with Crippen molar-refractivity contribution >= 4 is 11.9 Å². The van der Waals surface area contributed by atoms with Crippen molar-refractivity contribution in [3.8, 4) is 11.3 Å². The Morgan fingerprint density at radius 2 is 2.06 bits per heavy atom. The first-order chi connectivity index (χ1) is 8.09. The van der Waals surface area contributed by atoms with Gasteiger partial charge in [-0.05, 0) is 12.1 Å². The van der Waals surface area contributed by atoms with Crippen LogP contribution in [0.3, 0.4) is 0 Å². The Balaban J connectivity index is 2.53. The van der Waals surface area contributed by atoms with Crippen LogP contribution in [0.15, 0.2) is 24.3 Å². The van der Waals surface area contributed by atoms with Gasteiger partial charge in [0.25, 0.3) is 5.91 Å². The summed E-state index contributed by atoms with van der Waals surface area (Å²) in [6.07, 6.45) is 0. The van der Waals surface area contributed by atoms with Crippen LogP contribution in [0.5, 0.6) is 0 Å². The summed E-state index contributed by atoms with van der Waals surface area (Å²) in [6, 6.07) is 6.01. The van der Waals surface area contributed by atoms with Crippen molar-refractivity contribution in [1.82, 2.24) is 15.4 Å². The van der Waals surface area contributed by atoms with E-state index in [2.05, 4.69) is 15.4 Å². The van der Waals surface area contributed by atoms with Gasteiger partial charge in [0.2, 0.25) is 0 Å². The summed E-state index contributed by atoms with van der Waals surface area (Å²) in [4.78, 5) is 21.9. The minimum Gasteiger partial charge on any atom is -0.478 e. The van der Waals surface area contributed by atoms with Crippen LogP contribution in [0, 0.1) is 0 Å². The molecular formula is C10H8N4O3. The summed E-state index contributed by atoms with van der Waals surface area (Å²) in [5.74, 6) is -1.79. The molecule has 1 aromatic carbocycles. The van der Waals surface area contributed by atoms with Gasteiger partial charge in [-0.1, -0.05) is 12.1 Å². The van der Waals surface area contributed by atoms with E-state index in [0.29, 0.717) is 5.56 Å². The second-order valence-corrected chi connectivity index (χ2v) is 3.27. The Bertz CT molecular complexity index is 591. The van der Waals surface area contributed by atoms with Crippen molar-refractivity contribution < 1.29 is 14.7 Å². The van der Waals surface area contributed by atoms with Gasteiger partial charge in [-0.2, -0.15) is 15.4 Å². The lowest BCUT2D eigenvalue weighted by Gasteiger charge is -1.99. The minimum absolute atomic E-state index is 0.0208. The molecule has 0 aliphatic heterocycles. The number of aromatic carboxylic acids is 1. The number of hydrogen-bond donors (Lipinski definition) is 3. The van der Waals surface area contributed by atoms with Crippen molar-refractivity contribution in [3.63, 3.8) is 0 Å². The summed E-state index contributed by atoms with van der Waals surface area (Å²) in [5, 5.41) is 18.5.